The van der Waals surface area contributed by atoms with Crippen LogP contribution in [0.5, 0.6) is 0 Å². The monoisotopic (exact) mass is 237 g/mol. The minimum Gasteiger partial charge on any atom is -0.475 e. The Kier molecular flexibility index (Phi) is 3.52. The van der Waals surface area contributed by atoms with Crippen molar-refractivity contribution in [3.05, 3.63) is 23.2 Å². The zero-order chi connectivity index (χ0) is 12.4. The van der Waals surface area contributed by atoms with Crippen molar-refractivity contribution in [3.63, 3.8) is 0 Å². The third-order valence-corrected chi connectivity index (χ3v) is 3.29. The number of carbonyl (C=O) groups is 1. The van der Waals surface area contributed by atoms with Crippen molar-refractivity contribution in [2.24, 2.45) is 5.92 Å². The molecular formula is C13H19NO3. The van der Waals surface area contributed by atoms with Gasteiger partial charge in [0.15, 0.2) is 0 Å². The van der Waals surface area contributed by atoms with Crippen LogP contribution in [0.1, 0.15) is 41.6 Å². The van der Waals surface area contributed by atoms with Crippen molar-refractivity contribution >= 4 is 5.97 Å². The predicted molar refractivity (Wildman–Crippen MR) is 64.1 cm³/mol. The van der Waals surface area contributed by atoms with E-state index in [1.807, 2.05) is 6.92 Å². The molecule has 0 atom stereocenters. The van der Waals surface area contributed by atoms with Crippen LogP contribution in [-0.2, 0) is 6.54 Å². The number of aromatic carboxylic acids is 1. The van der Waals surface area contributed by atoms with E-state index in [0.717, 1.165) is 36.9 Å². The van der Waals surface area contributed by atoms with E-state index in [4.69, 9.17) is 9.52 Å². The number of rotatable bonds is 6. The van der Waals surface area contributed by atoms with Gasteiger partial charge >= 0.3 is 5.97 Å². The van der Waals surface area contributed by atoms with E-state index in [1.165, 1.54) is 12.8 Å². The molecular weight excluding hydrogens is 218 g/mol. The summed E-state index contributed by atoms with van der Waals surface area (Å²) in [6.45, 7) is 6.85. The van der Waals surface area contributed by atoms with Gasteiger partial charge in [-0.15, -0.1) is 0 Å². The number of nitrogens with zero attached hydrogens (tertiary/aromatic N) is 1. The molecule has 2 rings (SSSR count). The summed E-state index contributed by atoms with van der Waals surface area (Å²) in [6, 6.07) is 1.65. The Morgan fingerprint density at radius 1 is 1.59 bits per heavy atom. The van der Waals surface area contributed by atoms with Crippen molar-refractivity contribution in [1.82, 2.24) is 4.90 Å². The lowest BCUT2D eigenvalue weighted by Gasteiger charge is -2.19. The lowest BCUT2D eigenvalue weighted by Crippen LogP contribution is -2.25. The summed E-state index contributed by atoms with van der Waals surface area (Å²) in [5.41, 5.74) is 0.991. The van der Waals surface area contributed by atoms with Crippen LogP contribution >= 0.6 is 0 Å². The molecule has 1 saturated carbocycles. The van der Waals surface area contributed by atoms with Gasteiger partial charge in [0.2, 0.25) is 5.76 Å². The Labute approximate surface area is 101 Å². The van der Waals surface area contributed by atoms with E-state index in [1.54, 1.807) is 6.07 Å². The van der Waals surface area contributed by atoms with E-state index >= 15 is 0 Å². The molecule has 1 fully saturated rings. The molecule has 0 aliphatic heterocycles. The van der Waals surface area contributed by atoms with Crippen molar-refractivity contribution in [2.45, 2.75) is 33.2 Å². The largest absolute Gasteiger partial charge is 0.475 e. The molecule has 0 amide bonds. The van der Waals surface area contributed by atoms with Crippen molar-refractivity contribution < 1.29 is 14.3 Å². The molecule has 1 aliphatic rings. The van der Waals surface area contributed by atoms with Gasteiger partial charge in [0.25, 0.3) is 0 Å². The Balaban J connectivity index is 2.02. The van der Waals surface area contributed by atoms with Gasteiger partial charge in [0.1, 0.15) is 5.76 Å². The van der Waals surface area contributed by atoms with Crippen LogP contribution in [0.2, 0.25) is 0 Å². The summed E-state index contributed by atoms with van der Waals surface area (Å²) in [6.07, 6.45) is 2.67. The van der Waals surface area contributed by atoms with Gasteiger partial charge in [-0.1, -0.05) is 6.92 Å². The van der Waals surface area contributed by atoms with Gasteiger partial charge in [-0.25, -0.2) is 4.79 Å². The zero-order valence-corrected chi connectivity index (χ0v) is 10.4. The highest BCUT2D eigenvalue weighted by molar-refractivity contribution is 5.84. The first-order valence-corrected chi connectivity index (χ1v) is 6.15. The molecule has 94 valence electrons. The Hall–Kier alpha value is -1.29. The molecule has 4 nitrogen and oxygen atoms in total. The first-order chi connectivity index (χ1) is 8.10. The Bertz CT molecular complexity index is 407. The maximum absolute atomic E-state index is 10.8. The number of hydrogen-bond donors (Lipinski definition) is 1. The summed E-state index contributed by atoms with van der Waals surface area (Å²) >= 11 is 0. The van der Waals surface area contributed by atoms with Gasteiger partial charge < -0.3 is 9.52 Å². The van der Waals surface area contributed by atoms with Crippen molar-refractivity contribution in [1.29, 1.82) is 0 Å². The highest BCUT2D eigenvalue weighted by Crippen LogP contribution is 2.30. The lowest BCUT2D eigenvalue weighted by molar-refractivity contribution is 0.0661. The van der Waals surface area contributed by atoms with E-state index in [2.05, 4.69) is 11.8 Å². The fourth-order valence-corrected chi connectivity index (χ4v) is 1.99. The molecule has 0 aromatic carbocycles. The molecule has 17 heavy (non-hydrogen) atoms. The van der Waals surface area contributed by atoms with E-state index in [9.17, 15) is 4.79 Å². The summed E-state index contributed by atoms with van der Waals surface area (Å²) < 4.78 is 5.22. The number of carboxylic acids is 1. The number of carboxylic acid groups (broad SMARTS) is 1. The smallest absolute Gasteiger partial charge is 0.371 e. The number of aryl methyl sites for hydroxylation is 1. The second kappa shape index (κ2) is 4.92. The standard InChI is InChI=1S/C13H19NO3/c1-3-14(7-10-4-5-10)8-11-6-12(13(15)16)17-9(11)2/h6,10H,3-5,7-8H2,1-2H3,(H,15,16). The molecule has 0 saturated heterocycles. The molecule has 1 aromatic rings. The summed E-state index contributed by atoms with van der Waals surface area (Å²) in [5.74, 6) is 0.613. The van der Waals surface area contributed by atoms with Crippen LogP contribution in [0.4, 0.5) is 0 Å². The van der Waals surface area contributed by atoms with Crippen molar-refractivity contribution in [2.75, 3.05) is 13.1 Å². The molecule has 1 heterocycles. The molecule has 1 N–H and O–H groups in total. The maximum atomic E-state index is 10.8. The molecule has 0 spiro atoms. The third-order valence-electron chi connectivity index (χ3n) is 3.29. The van der Waals surface area contributed by atoms with Crippen LogP contribution in [0.3, 0.4) is 0 Å². The van der Waals surface area contributed by atoms with Gasteiger partial charge in [-0.2, -0.15) is 0 Å². The van der Waals surface area contributed by atoms with E-state index in [-0.39, 0.29) is 5.76 Å². The molecule has 0 unspecified atom stereocenters. The van der Waals surface area contributed by atoms with Crippen LogP contribution in [0.25, 0.3) is 0 Å². The van der Waals surface area contributed by atoms with Crippen LogP contribution in [0.15, 0.2) is 10.5 Å². The highest BCUT2D eigenvalue weighted by atomic mass is 16.4. The quantitative estimate of drug-likeness (QED) is 0.826. The molecule has 1 aromatic heterocycles. The SMILES string of the molecule is CCN(Cc1cc(C(=O)O)oc1C)CC1CC1. The number of furan rings is 1. The minimum atomic E-state index is -0.996. The minimum absolute atomic E-state index is 0.0416. The second-order valence-corrected chi connectivity index (χ2v) is 4.77. The summed E-state index contributed by atoms with van der Waals surface area (Å²) in [7, 11) is 0. The maximum Gasteiger partial charge on any atom is 0.371 e. The molecule has 4 heteroatoms. The fourth-order valence-electron chi connectivity index (χ4n) is 1.99. The average molecular weight is 237 g/mol. The average Bonchev–Trinajstić information content (AvgIpc) is 3.02. The van der Waals surface area contributed by atoms with Crippen LogP contribution in [0, 0.1) is 12.8 Å². The fraction of sp³-hybridized carbons (Fsp3) is 0.615. The van der Waals surface area contributed by atoms with Gasteiger partial charge in [0.05, 0.1) is 0 Å². The highest BCUT2D eigenvalue weighted by Gasteiger charge is 2.24. The second-order valence-electron chi connectivity index (χ2n) is 4.77. The van der Waals surface area contributed by atoms with Gasteiger partial charge in [-0.3, -0.25) is 4.90 Å². The zero-order valence-electron chi connectivity index (χ0n) is 10.4. The van der Waals surface area contributed by atoms with Crippen LogP contribution in [-0.4, -0.2) is 29.1 Å². The summed E-state index contributed by atoms with van der Waals surface area (Å²) in [4.78, 5) is 13.2. The molecule has 1 aliphatic carbocycles. The van der Waals surface area contributed by atoms with Crippen LogP contribution < -0.4 is 0 Å². The Morgan fingerprint density at radius 3 is 2.76 bits per heavy atom. The first kappa shape index (κ1) is 12.2. The van der Waals surface area contributed by atoms with E-state index < -0.39 is 5.97 Å². The lowest BCUT2D eigenvalue weighted by atomic mass is 10.2. The Morgan fingerprint density at radius 2 is 2.29 bits per heavy atom. The number of hydrogen-bond acceptors (Lipinski definition) is 3. The predicted octanol–water partition coefficient (Wildman–Crippen LogP) is 2.52. The third kappa shape index (κ3) is 3.09. The van der Waals surface area contributed by atoms with Crippen molar-refractivity contribution in [3.8, 4) is 0 Å². The normalized spacial score (nSPS) is 15.5. The first-order valence-electron chi connectivity index (χ1n) is 6.15. The topological polar surface area (TPSA) is 53.7 Å². The molecule has 0 bridgehead atoms. The summed E-state index contributed by atoms with van der Waals surface area (Å²) in [5, 5.41) is 8.86. The van der Waals surface area contributed by atoms with E-state index in [0.29, 0.717) is 0 Å². The van der Waals surface area contributed by atoms with Gasteiger partial charge in [0, 0.05) is 18.7 Å². The molecule has 0 radical (unpaired) electrons. The van der Waals surface area contributed by atoms with Gasteiger partial charge in [-0.05, 0) is 38.3 Å².